The van der Waals surface area contributed by atoms with E-state index in [0.29, 0.717) is 6.04 Å². The largest absolute Gasteiger partial charge is 0.329 e. The lowest BCUT2D eigenvalue weighted by Gasteiger charge is -2.44. The average molecular weight is 272 g/mol. The minimum absolute atomic E-state index is 0.415. The first-order valence-corrected chi connectivity index (χ1v) is 8.28. The number of aryl methyl sites for hydroxylation is 1. The molecular formula is C18H28N2. The monoisotopic (exact) mass is 272 g/mol. The first-order valence-electron chi connectivity index (χ1n) is 8.28. The van der Waals surface area contributed by atoms with E-state index < -0.39 is 0 Å². The van der Waals surface area contributed by atoms with Crippen LogP contribution in [0.15, 0.2) is 24.3 Å². The Balaban J connectivity index is 1.71. The van der Waals surface area contributed by atoms with Gasteiger partial charge >= 0.3 is 0 Å². The quantitative estimate of drug-likeness (QED) is 0.912. The Morgan fingerprint density at radius 1 is 1.10 bits per heavy atom. The van der Waals surface area contributed by atoms with Crippen LogP contribution in [0.5, 0.6) is 0 Å². The highest BCUT2D eigenvalue weighted by Crippen LogP contribution is 2.38. The van der Waals surface area contributed by atoms with Crippen LogP contribution in [0.3, 0.4) is 0 Å². The molecule has 0 amide bonds. The molecule has 1 heterocycles. The van der Waals surface area contributed by atoms with Crippen molar-refractivity contribution in [3.05, 3.63) is 35.4 Å². The molecule has 2 fully saturated rings. The average Bonchev–Trinajstić information content (AvgIpc) is 2.50. The number of nitrogens with zero attached hydrogens (tertiary/aromatic N) is 1. The first-order chi connectivity index (χ1) is 9.78. The van der Waals surface area contributed by atoms with Gasteiger partial charge in [0.2, 0.25) is 0 Å². The minimum atomic E-state index is 0.415. The maximum absolute atomic E-state index is 6.10. The van der Waals surface area contributed by atoms with Gasteiger partial charge in [-0.2, -0.15) is 0 Å². The molecule has 1 aliphatic carbocycles. The Morgan fingerprint density at radius 2 is 1.80 bits per heavy atom. The van der Waals surface area contributed by atoms with Gasteiger partial charge in [-0.25, -0.2) is 0 Å². The number of benzene rings is 1. The Kier molecular flexibility index (Phi) is 4.42. The van der Waals surface area contributed by atoms with Crippen molar-refractivity contribution in [2.75, 3.05) is 19.6 Å². The fourth-order valence-electron chi connectivity index (χ4n) is 4.20. The number of piperidine rings is 1. The van der Waals surface area contributed by atoms with E-state index in [1.165, 1.54) is 56.3 Å². The Labute approximate surface area is 123 Å². The van der Waals surface area contributed by atoms with E-state index in [9.17, 15) is 0 Å². The molecule has 20 heavy (non-hydrogen) atoms. The molecule has 2 aliphatic rings. The van der Waals surface area contributed by atoms with Crippen LogP contribution in [0.25, 0.3) is 0 Å². The lowest BCUT2D eigenvalue weighted by atomic mass is 9.74. The number of rotatable bonds is 3. The van der Waals surface area contributed by atoms with Gasteiger partial charge in [0.05, 0.1) is 0 Å². The van der Waals surface area contributed by atoms with Crippen molar-refractivity contribution in [3.8, 4) is 0 Å². The highest BCUT2D eigenvalue weighted by atomic mass is 15.2. The summed E-state index contributed by atoms with van der Waals surface area (Å²) in [6.07, 6.45) is 7.18. The smallest absolute Gasteiger partial charge is 0.0470 e. The summed E-state index contributed by atoms with van der Waals surface area (Å²) >= 11 is 0. The molecule has 3 atom stereocenters. The van der Waals surface area contributed by atoms with Gasteiger partial charge in [-0.3, -0.25) is 4.90 Å². The molecule has 3 rings (SSSR count). The van der Waals surface area contributed by atoms with Gasteiger partial charge in [0, 0.05) is 19.1 Å². The molecule has 1 aromatic rings. The number of likely N-dealkylation sites (tertiary alicyclic amines) is 1. The van der Waals surface area contributed by atoms with Crippen LogP contribution in [-0.2, 0) is 0 Å². The van der Waals surface area contributed by atoms with E-state index in [1.54, 1.807) is 0 Å². The van der Waals surface area contributed by atoms with Crippen molar-refractivity contribution in [2.24, 2.45) is 17.6 Å². The standard InChI is InChI=1S/C18H28N2/c1-14-6-8-16(9-7-14)18(12-19)20-11-10-15-4-2-3-5-17(15)13-20/h6-9,15,17-18H,2-5,10-13,19H2,1H3. The number of hydrogen-bond donors (Lipinski definition) is 1. The fraction of sp³-hybridized carbons (Fsp3) is 0.667. The van der Waals surface area contributed by atoms with Crippen LogP contribution in [0.2, 0.25) is 0 Å². The molecule has 2 nitrogen and oxygen atoms in total. The Morgan fingerprint density at radius 3 is 2.50 bits per heavy atom. The van der Waals surface area contributed by atoms with Crippen molar-refractivity contribution < 1.29 is 0 Å². The zero-order valence-electron chi connectivity index (χ0n) is 12.7. The zero-order valence-corrected chi connectivity index (χ0v) is 12.7. The third kappa shape index (κ3) is 2.91. The normalized spacial score (nSPS) is 28.9. The first kappa shape index (κ1) is 14.1. The lowest BCUT2D eigenvalue weighted by molar-refractivity contribution is 0.0586. The number of nitrogens with two attached hydrogens (primary N) is 1. The summed E-state index contributed by atoms with van der Waals surface area (Å²) in [5.74, 6) is 1.92. The topological polar surface area (TPSA) is 29.3 Å². The van der Waals surface area contributed by atoms with Crippen LogP contribution < -0.4 is 5.73 Å². The predicted octanol–water partition coefficient (Wildman–Crippen LogP) is 3.51. The van der Waals surface area contributed by atoms with Crippen molar-refractivity contribution in [1.82, 2.24) is 4.90 Å². The van der Waals surface area contributed by atoms with Crippen LogP contribution in [0.4, 0.5) is 0 Å². The predicted molar refractivity (Wildman–Crippen MR) is 84.6 cm³/mol. The van der Waals surface area contributed by atoms with Gasteiger partial charge in [-0.1, -0.05) is 49.1 Å². The number of hydrogen-bond acceptors (Lipinski definition) is 2. The second-order valence-electron chi connectivity index (χ2n) is 6.75. The van der Waals surface area contributed by atoms with Crippen molar-refractivity contribution >= 4 is 0 Å². The molecule has 0 bridgehead atoms. The summed E-state index contributed by atoms with van der Waals surface area (Å²) in [5, 5.41) is 0. The van der Waals surface area contributed by atoms with E-state index in [0.717, 1.165) is 18.4 Å². The highest BCUT2D eigenvalue weighted by Gasteiger charge is 2.33. The molecular weight excluding hydrogens is 244 g/mol. The molecule has 1 aliphatic heterocycles. The van der Waals surface area contributed by atoms with Gasteiger partial charge in [-0.05, 0) is 43.7 Å². The SMILES string of the molecule is Cc1ccc(C(CN)N2CCC3CCCCC3C2)cc1. The molecule has 1 aromatic carbocycles. The lowest BCUT2D eigenvalue weighted by Crippen LogP contribution is -2.45. The van der Waals surface area contributed by atoms with Gasteiger partial charge < -0.3 is 5.73 Å². The van der Waals surface area contributed by atoms with Crippen molar-refractivity contribution in [1.29, 1.82) is 0 Å². The summed E-state index contributed by atoms with van der Waals surface area (Å²) in [5.41, 5.74) is 8.82. The van der Waals surface area contributed by atoms with Crippen molar-refractivity contribution in [2.45, 2.75) is 45.1 Å². The third-order valence-corrected chi connectivity index (χ3v) is 5.45. The summed E-state index contributed by atoms with van der Waals surface area (Å²) in [6, 6.07) is 9.37. The maximum Gasteiger partial charge on any atom is 0.0470 e. The fourth-order valence-corrected chi connectivity index (χ4v) is 4.20. The van der Waals surface area contributed by atoms with E-state index >= 15 is 0 Å². The molecule has 0 radical (unpaired) electrons. The Hall–Kier alpha value is -0.860. The summed E-state index contributed by atoms with van der Waals surface area (Å²) < 4.78 is 0. The summed E-state index contributed by atoms with van der Waals surface area (Å²) in [4.78, 5) is 2.65. The molecule has 3 unspecified atom stereocenters. The van der Waals surface area contributed by atoms with Crippen LogP contribution in [-0.4, -0.2) is 24.5 Å². The van der Waals surface area contributed by atoms with Gasteiger partial charge in [0.15, 0.2) is 0 Å². The van der Waals surface area contributed by atoms with Gasteiger partial charge in [0.25, 0.3) is 0 Å². The Bertz CT molecular complexity index is 426. The molecule has 110 valence electrons. The van der Waals surface area contributed by atoms with Gasteiger partial charge in [0.1, 0.15) is 0 Å². The highest BCUT2D eigenvalue weighted by molar-refractivity contribution is 5.24. The van der Waals surface area contributed by atoms with Crippen LogP contribution in [0, 0.1) is 18.8 Å². The van der Waals surface area contributed by atoms with E-state index in [2.05, 4.69) is 36.1 Å². The molecule has 0 aromatic heterocycles. The molecule has 2 N–H and O–H groups in total. The second kappa shape index (κ2) is 6.28. The molecule has 0 spiro atoms. The van der Waals surface area contributed by atoms with E-state index in [4.69, 9.17) is 5.73 Å². The minimum Gasteiger partial charge on any atom is -0.329 e. The summed E-state index contributed by atoms with van der Waals surface area (Å²) in [7, 11) is 0. The molecule has 1 saturated carbocycles. The maximum atomic E-state index is 6.10. The van der Waals surface area contributed by atoms with Crippen LogP contribution >= 0.6 is 0 Å². The third-order valence-electron chi connectivity index (χ3n) is 5.45. The molecule has 2 heteroatoms. The number of fused-ring (bicyclic) bond motifs is 1. The second-order valence-corrected chi connectivity index (χ2v) is 6.75. The van der Waals surface area contributed by atoms with E-state index in [-0.39, 0.29) is 0 Å². The zero-order chi connectivity index (χ0) is 13.9. The van der Waals surface area contributed by atoms with Crippen LogP contribution in [0.1, 0.15) is 49.3 Å². The van der Waals surface area contributed by atoms with Gasteiger partial charge in [-0.15, -0.1) is 0 Å². The summed E-state index contributed by atoms with van der Waals surface area (Å²) in [6.45, 7) is 5.38. The van der Waals surface area contributed by atoms with E-state index in [1.807, 2.05) is 0 Å². The van der Waals surface area contributed by atoms with Crippen molar-refractivity contribution in [3.63, 3.8) is 0 Å². The molecule has 1 saturated heterocycles.